The number of hydrogen-bond acceptors (Lipinski definition) is 7. The Morgan fingerprint density at radius 2 is 2.12 bits per heavy atom. The topological polar surface area (TPSA) is 93.4 Å². The van der Waals surface area contributed by atoms with E-state index >= 15 is 0 Å². The summed E-state index contributed by atoms with van der Waals surface area (Å²) in [6.07, 6.45) is 1.69. The van der Waals surface area contributed by atoms with Gasteiger partial charge in [-0.3, -0.25) is 4.79 Å². The average Bonchev–Trinajstić information content (AvgIpc) is 2.89. The number of nitrogens with one attached hydrogen (secondary N) is 1. The first kappa shape index (κ1) is 18.3. The molecule has 0 radical (unpaired) electrons. The molecule has 26 heavy (non-hydrogen) atoms. The molecule has 0 saturated carbocycles. The van der Waals surface area contributed by atoms with Crippen molar-refractivity contribution in [3.8, 4) is 0 Å². The molecule has 0 atom stereocenters. The summed E-state index contributed by atoms with van der Waals surface area (Å²) in [6.45, 7) is 6.32. The van der Waals surface area contributed by atoms with E-state index in [1.165, 1.54) is 0 Å². The van der Waals surface area contributed by atoms with Crippen molar-refractivity contribution in [3.63, 3.8) is 0 Å². The van der Waals surface area contributed by atoms with Crippen molar-refractivity contribution in [1.82, 2.24) is 20.0 Å². The molecular weight excluding hydrogens is 334 g/mol. The second-order valence-electron chi connectivity index (χ2n) is 6.46. The molecule has 8 nitrogen and oxygen atoms in total. The summed E-state index contributed by atoms with van der Waals surface area (Å²) in [5, 5.41) is 7.17. The fourth-order valence-electron chi connectivity index (χ4n) is 3.15. The van der Waals surface area contributed by atoms with E-state index in [9.17, 15) is 4.79 Å². The van der Waals surface area contributed by atoms with Gasteiger partial charge in [-0.15, -0.1) is 0 Å². The summed E-state index contributed by atoms with van der Waals surface area (Å²) in [5.74, 6) is 2.24. The highest BCUT2D eigenvalue weighted by atomic mass is 16.5. The Hall–Kier alpha value is -2.48. The molecule has 1 N–H and O–H groups in total. The van der Waals surface area contributed by atoms with Crippen molar-refractivity contribution in [2.75, 3.05) is 38.7 Å². The number of aromatic nitrogens is 3. The van der Waals surface area contributed by atoms with Crippen LogP contribution in [0.15, 0.2) is 10.6 Å². The maximum absolute atomic E-state index is 12.6. The highest BCUT2D eigenvalue weighted by molar-refractivity contribution is 5.78. The lowest BCUT2D eigenvalue weighted by molar-refractivity contribution is -0.130. The standard InChI is InChI=1S/C18H25N5O3/c1-12-10-14(26-22-12)11-17(24)23-7-4-15-16(5-8-23)20-13(2)21-18(15)19-6-9-25-3/h10H,4-9,11H2,1-3H3,(H,19,20,21). The Kier molecular flexibility index (Phi) is 5.82. The molecule has 3 heterocycles. The van der Waals surface area contributed by atoms with Gasteiger partial charge in [0.2, 0.25) is 5.91 Å². The Bertz CT molecular complexity index is 774. The lowest BCUT2D eigenvalue weighted by Crippen LogP contribution is -2.34. The van der Waals surface area contributed by atoms with Crippen LogP contribution in [0.2, 0.25) is 0 Å². The van der Waals surface area contributed by atoms with Crippen molar-refractivity contribution in [3.05, 3.63) is 34.6 Å². The number of hydrogen-bond donors (Lipinski definition) is 1. The lowest BCUT2D eigenvalue weighted by Gasteiger charge is -2.19. The Labute approximate surface area is 152 Å². The number of ether oxygens (including phenoxy) is 1. The highest BCUT2D eigenvalue weighted by Crippen LogP contribution is 2.22. The summed E-state index contributed by atoms with van der Waals surface area (Å²) in [7, 11) is 1.67. The van der Waals surface area contributed by atoms with Gasteiger partial charge in [0.1, 0.15) is 17.4 Å². The maximum Gasteiger partial charge on any atom is 0.230 e. The van der Waals surface area contributed by atoms with Gasteiger partial charge in [-0.2, -0.15) is 0 Å². The second-order valence-corrected chi connectivity index (χ2v) is 6.46. The summed E-state index contributed by atoms with van der Waals surface area (Å²) < 4.78 is 10.3. The number of rotatable bonds is 6. The third kappa shape index (κ3) is 4.37. The van der Waals surface area contributed by atoms with Crippen LogP contribution < -0.4 is 5.32 Å². The van der Waals surface area contributed by atoms with Gasteiger partial charge < -0.3 is 19.5 Å². The van der Waals surface area contributed by atoms with Gasteiger partial charge in [0, 0.05) is 44.8 Å². The monoisotopic (exact) mass is 359 g/mol. The minimum Gasteiger partial charge on any atom is -0.383 e. The van der Waals surface area contributed by atoms with E-state index in [1.54, 1.807) is 13.2 Å². The number of carbonyl (C=O) groups is 1. The largest absolute Gasteiger partial charge is 0.383 e. The fraction of sp³-hybridized carbons (Fsp3) is 0.556. The zero-order chi connectivity index (χ0) is 18.5. The normalized spacial score (nSPS) is 14.0. The third-order valence-electron chi connectivity index (χ3n) is 4.41. The molecule has 0 aliphatic carbocycles. The van der Waals surface area contributed by atoms with Gasteiger partial charge in [0.15, 0.2) is 0 Å². The van der Waals surface area contributed by atoms with E-state index in [2.05, 4.69) is 20.4 Å². The lowest BCUT2D eigenvalue weighted by atomic mass is 10.1. The van der Waals surface area contributed by atoms with Gasteiger partial charge >= 0.3 is 0 Å². The third-order valence-corrected chi connectivity index (χ3v) is 4.41. The molecule has 0 aromatic carbocycles. The SMILES string of the molecule is COCCNc1nc(C)nc2c1CCN(C(=O)Cc1cc(C)no1)CC2. The van der Waals surface area contributed by atoms with Crippen molar-refractivity contribution in [1.29, 1.82) is 0 Å². The van der Waals surface area contributed by atoms with Gasteiger partial charge in [0.05, 0.1) is 24.4 Å². The number of amides is 1. The zero-order valence-corrected chi connectivity index (χ0v) is 15.5. The van der Waals surface area contributed by atoms with E-state index < -0.39 is 0 Å². The van der Waals surface area contributed by atoms with E-state index in [0.29, 0.717) is 32.0 Å². The molecule has 0 unspecified atom stereocenters. The fourth-order valence-corrected chi connectivity index (χ4v) is 3.15. The minimum atomic E-state index is 0.0486. The van der Waals surface area contributed by atoms with E-state index in [4.69, 9.17) is 9.26 Å². The van der Waals surface area contributed by atoms with Gasteiger partial charge in [-0.1, -0.05) is 5.16 Å². The van der Waals surface area contributed by atoms with Gasteiger partial charge in [0.25, 0.3) is 0 Å². The van der Waals surface area contributed by atoms with Crippen LogP contribution in [0.5, 0.6) is 0 Å². The molecule has 8 heteroatoms. The van der Waals surface area contributed by atoms with Crippen molar-refractivity contribution >= 4 is 11.7 Å². The first-order valence-corrected chi connectivity index (χ1v) is 8.86. The average molecular weight is 359 g/mol. The number of nitrogens with zero attached hydrogens (tertiary/aromatic N) is 4. The molecule has 0 spiro atoms. The first-order valence-electron chi connectivity index (χ1n) is 8.86. The van der Waals surface area contributed by atoms with E-state index in [0.717, 1.165) is 41.4 Å². The van der Waals surface area contributed by atoms with Crippen LogP contribution in [-0.4, -0.2) is 59.3 Å². The van der Waals surface area contributed by atoms with Crippen LogP contribution in [0.4, 0.5) is 5.82 Å². The quantitative estimate of drug-likeness (QED) is 0.777. The van der Waals surface area contributed by atoms with Gasteiger partial charge in [-0.05, 0) is 20.3 Å². The molecule has 1 amide bonds. The van der Waals surface area contributed by atoms with Gasteiger partial charge in [-0.25, -0.2) is 9.97 Å². The molecular formula is C18H25N5O3. The van der Waals surface area contributed by atoms with E-state index in [1.807, 2.05) is 18.7 Å². The molecule has 140 valence electrons. The van der Waals surface area contributed by atoms with Crippen LogP contribution in [0.1, 0.15) is 28.5 Å². The number of methoxy groups -OCH3 is 1. The molecule has 2 aromatic rings. The van der Waals surface area contributed by atoms with Crippen LogP contribution in [0, 0.1) is 13.8 Å². The van der Waals surface area contributed by atoms with Crippen LogP contribution >= 0.6 is 0 Å². The van der Waals surface area contributed by atoms with E-state index in [-0.39, 0.29) is 12.3 Å². The molecule has 1 aliphatic rings. The molecule has 1 aliphatic heterocycles. The Balaban J connectivity index is 1.69. The number of aryl methyl sites for hydroxylation is 2. The first-order chi connectivity index (χ1) is 12.6. The molecule has 0 bridgehead atoms. The molecule has 0 saturated heterocycles. The maximum atomic E-state index is 12.6. The summed E-state index contributed by atoms with van der Waals surface area (Å²) in [6, 6.07) is 1.80. The van der Waals surface area contributed by atoms with Crippen molar-refractivity contribution in [2.24, 2.45) is 0 Å². The minimum absolute atomic E-state index is 0.0486. The van der Waals surface area contributed by atoms with Crippen molar-refractivity contribution in [2.45, 2.75) is 33.1 Å². The second kappa shape index (κ2) is 8.27. The smallest absolute Gasteiger partial charge is 0.230 e. The highest BCUT2D eigenvalue weighted by Gasteiger charge is 2.23. The van der Waals surface area contributed by atoms with Crippen LogP contribution in [-0.2, 0) is 28.8 Å². The van der Waals surface area contributed by atoms with Crippen LogP contribution in [0.25, 0.3) is 0 Å². The Morgan fingerprint density at radius 3 is 2.85 bits per heavy atom. The summed E-state index contributed by atoms with van der Waals surface area (Å²) >= 11 is 0. The predicted molar refractivity (Wildman–Crippen MR) is 96.1 cm³/mol. The molecule has 0 fully saturated rings. The predicted octanol–water partition coefficient (Wildman–Crippen LogP) is 1.31. The number of fused-ring (bicyclic) bond motifs is 1. The van der Waals surface area contributed by atoms with Crippen LogP contribution in [0.3, 0.4) is 0 Å². The molecule has 2 aromatic heterocycles. The summed E-state index contributed by atoms with van der Waals surface area (Å²) in [5.41, 5.74) is 2.90. The summed E-state index contributed by atoms with van der Waals surface area (Å²) in [4.78, 5) is 23.6. The number of carbonyl (C=O) groups excluding carboxylic acids is 1. The van der Waals surface area contributed by atoms with Crippen molar-refractivity contribution < 1.29 is 14.1 Å². The Morgan fingerprint density at radius 1 is 1.31 bits per heavy atom. The zero-order valence-electron chi connectivity index (χ0n) is 15.5. The molecule has 3 rings (SSSR count). The number of anilines is 1.